The van der Waals surface area contributed by atoms with Crippen LogP contribution in [-0.2, 0) is 28.7 Å². The monoisotopic (exact) mass is 360 g/mol. The first-order chi connectivity index (χ1) is 11.7. The molecule has 0 saturated carbocycles. The molecule has 2 aliphatic rings. The highest BCUT2D eigenvalue weighted by Crippen LogP contribution is 2.30. The van der Waals surface area contributed by atoms with E-state index in [0.29, 0.717) is 38.5 Å². The van der Waals surface area contributed by atoms with Crippen molar-refractivity contribution in [2.75, 3.05) is 40.3 Å². The van der Waals surface area contributed by atoms with Crippen molar-refractivity contribution in [1.82, 2.24) is 19.4 Å². The molecule has 0 aliphatic carbocycles. The standard InChI is InChI=1S/C16H23F3N4O2/c1-21-5-6-25-12(9-21)15(24)22(2)7-11-3-4-14-20-13(16(17,18)19)10-23(14)8-11/h10-12H,3-9H2,1-2H3/t11-,12-/m1/s1. The van der Waals surface area contributed by atoms with E-state index in [1.165, 1.54) is 0 Å². The van der Waals surface area contributed by atoms with E-state index in [2.05, 4.69) is 9.88 Å². The molecule has 140 valence electrons. The Balaban J connectivity index is 1.59. The molecule has 0 N–H and O–H groups in total. The molecule has 0 bridgehead atoms. The lowest BCUT2D eigenvalue weighted by molar-refractivity contribution is -0.148. The van der Waals surface area contributed by atoms with E-state index < -0.39 is 18.0 Å². The number of morpholine rings is 1. The van der Waals surface area contributed by atoms with E-state index in [1.807, 2.05) is 7.05 Å². The normalized spacial score (nSPS) is 24.8. The predicted octanol–water partition coefficient (Wildman–Crippen LogP) is 1.25. The summed E-state index contributed by atoms with van der Waals surface area (Å²) in [5.74, 6) is 0.506. The van der Waals surface area contributed by atoms with Crippen molar-refractivity contribution >= 4 is 5.91 Å². The molecular formula is C16H23F3N4O2. The van der Waals surface area contributed by atoms with Crippen LogP contribution < -0.4 is 0 Å². The quantitative estimate of drug-likeness (QED) is 0.814. The van der Waals surface area contributed by atoms with Crippen molar-refractivity contribution in [2.24, 2.45) is 5.92 Å². The number of halogens is 3. The van der Waals surface area contributed by atoms with E-state index in [4.69, 9.17) is 4.74 Å². The van der Waals surface area contributed by atoms with Gasteiger partial charge in [-0.25, -0.2) is 4.98 Å². The molecule has 3 heterocycles. The number of nitrogens with zero attached hydrogens (tertiary/aromatic N) is 4. The molecule has 2 atom stereocenters. The lowest BCUT2D eigenvalue weighted by Gasteiger charge is -2.33. The molecule has 0 unspecified atom stereocenters. The molecule has 1 fully saturated rings. The van der Waals surface area contributed by atoms with Crippen LogP contribution in [0.15, 0.2) is 6.20 Å². The minimum Gasteiger partial charge on any atom is -0.366 e. The van der Waals surface area contributed by atoms with Crippen LogP contribution >= 0.6 is 0 Å². The highest BCUT2D eigenvalue weighted by Gasteiger charge is 2.36. The van der Waals surface area contributed by atoms with Gasteiger partial charge in [-0.05, 0) is 19.4 Å². The van der Waals surface area contributed by atoms with Crippen LogP contribution in [0.4, 0.5) is 13.2 Å². The second-order valence-electron chi connectivity index (χ2n) is 6.94. The van der Waals surface area contributed by atoms with Crippen LogP contribution in [0.3, 0.4) is 0 Å². The van der Waals surface area contributed by atoms with Gasteiger partial charge in [-0.1, -0.05) is 0 Å². The Bertz CT molecular complexity index is 631. The summed E-state index contributed by atoms with van der Waals surface area (Å²) in [6.07, 6.45) is -2.60. The molecule has 6 nitrogen and oxygen atoms in total. The number of aryl methyl sites for hydroxylation is 1. The molecule has 3 rings (SSSR count). The molecule has 0 aromatic carbocycles. The van der Waals surface area contributed by atoms with Gasteiger partial charge in [0.15, 0.2) is 5.69 Å². The highest BCUT2D eigenvalue weighted by molar-refractivity contribution is 5.81. The Morgan fingerprint density at radius 1 is 1.44 bits per heavy atom. The first kappa shape index (κ1) is 18.2. The largest absolute Gasteiger partial charge is 0.434 e. The third-order valence-corrected chi connectivity index (χ3v) is 4.83. The Kier molecular flexibility index (Phi) is 5.06. The molecule has 2 aliphatic heterocycles. The zero-order valence-electron chi connectivity index (χ0n) is 14.4. The molecule has 25 heavy (non-hydrogen) atoms. The lowest BCUT2D eigenvalue weighted by Crippen LogP contribution is -2.50. The molecular weight excluding hydrogens is 337 g/mol. The summed E-state index contributed by atoms with van der Waals surface area (Å²) in [6, 6.07) is 0. The van der Waals surface area contributed by atoms with Gasteiger partial charge in [0.05, 0.1) is 6.61 Å². The fourth-order valence-electron chi connectivity index (χ4n) is 3.45. The van der Waals surface area contributed by atoms with Gasteiger partial charge in [0, 0.05) is 45.8 Å². The maximum absolute atomic E-state index is 12.8. The summed E-state index contributed by atoms with van der Waals surface area (Å²) in [5, 5.41) is 0. The average molecular weight is 360 g/mol. The molecule has 1 aromatic heterocycles. The summed E-state index contributed by atoms with van der Waals surface area (Å²) in [6.45, 7) is 2.85. The van der Waals surface area contributed by atoms with E-state index in [0.717, 1.165) is 19.2 Å². The number of ether oxygens (including phenoxy) is 1. The lowest BCUT2D eigenvalue weighted by atomic mass is 9.98. The minimum absolute atomic E-state index is 0.0704. The molecule has 0 spiro atoms. The number of carbonyl (C=O) groups excluding carboxylic acids is 1. The van der Waals surface area contributed by atoms with E-state index >= 15 is 0 Å². The van der Waals surface area contributed by atoms with Gasteiger partial charge in [0.1, 0.15) is 11.9 Å². The second kappa shape index (κ2) is 6.95. The van der Waals surface area contributed by atoms with E-state index in [1.54, 1.807) is 16.5 Å². The highest BCUT2D eigenvalue weighted by atomic mass is 19.4. The molecule has 1 amide bonds. The van der Waals surface area contributed by atoms with E-state index in [9.17, 15) is 18.0 Å². The van der Waals surface area contributed by atoms with Gasteiger partial charge >= 0.3 is 6.18 Å². The SMILES string of the molecule is CN1CCO[C@@H](C(=O)N(C)C[C@H]2CCc3nc(C(F)(F)F)cn3C2)C1. The zero-order valence-corrected chi connectivity index (χ0v) is 14.4. The van der Waals surface area contributed by atoms with Gasteiger partial charge < -0.3 is 19.1 Å². The van der Waals surface area contributed by atoms with Gasteiger partial charge in [-0.3, -0.25) is 4.79 Å². The van der Waals surface area contributed by atoms with Crippen LogP contribution in [0.2, 0.25) is 0 Å². The fraction of sp³-hybridized carbons (Fsp3) is 0.750. The van der Waals surface area contributed by atoms with Crippen LogP contribution in [-0.4, -0.2) is 71.7 Å². The number of hydrogen-bond acceptors (Lipinski definition) is 4. The topological polar surface area (TPSA) is 50.6 Å². The smallest absolute Gasteiger partial charge is 0.366 e. The minimum atomic E-state index is -4.42. The molecule has 1 saturated heterocycles. The predicted molar refractivity (Wildman–Crippen MR) is 83.9 cm³/mol. The zero-order chi connectivity index (χ0) is 18.2. The summed E-state index contributed by atoms with van der Waals surface area (Å²) in [5.41, 5.74) is -0.841. The average Bonchev–Trinajstić information content (AvgIpc) is 2.97. The molecule has 0 radical (unpaired) electrons. The summed E-state index contributed by atoms with van der Waals surface area (Å²) >= 11 is 0. The van der Waals surface area contributed by atoms with Crippen molar-refractivity contribution < 1.29 is 22.7 Å². The Morgan fingerprint density at radius 2 is 2.20 bits per heavy atom. The number of fused-ring (bicyclic) bond motifs is 1. The number of amides is 1. The summed E-state index contributed by atoms with van der Waals surface area (Å²) in [7, 11) is 3.67. The van der Waals surface area contributed by atoms with E-state index in [-0.39, 0.29) is 11.8 Å². The van der Waals surface area contributed by atoms with Crippen LogP contribution in [0.5, 0.6) is 0 Å². The Morgan fingerprint density at radius 3 is 2.88 bits per heavy atom. The molecule has 1 aromatic rings. The van der Waals surface area contributed by atoms with Crippen molar-refractivity contribution in [2.45, 2.75) is 31.7 Å². The number of hydrogen-bond donors (Lipinski definition) is 0. The first-order valence-corrected chi connectivity index (χ1v) is 8.42. The van der Waals surface area contributed by atoms with Gasteiger partial charge in [-0.2, -0.15) is 13.2 Å². The van der Waals surface area contributed by atoms with Crippen LogP contribution in [0.1, 0.15) is 17.9 Å². The number of carbonyl (C=O) groups is 1. The Labute approximate surface area is 144 Å². The third-order valence-electron chi connectivity index (χ3n) is 4.83. The summed E-state index contributed by atoms with van der Waals surface area (Å²) in [4.78, 5) is 19.9. The maximum Gasteiger partial charge on any atom is 0.434 e. The van der Waals surface area contributed by atoms with Gasteiger partial charge in [0.2, 0.25) is 0 Å². The second-order valence-corrected chi connectivity index (χ2v) is 6.94. The fourth-order valence-corrected chi connectivity index (χ4v) is 3.45. The number of rotatable bonds is 3. The maximum atomic E-state index is 12.8. The number of imidazole rings is 1. The van der Waals surface area contributed by atoms with Gasteiger partial charge in [0.25, 0.3) is 5.91 Å². The number of aromatic nitrogens is 2. The van der Waals surface area contributed by atoms with Crippen LogP contribution in [0, 0.1) is 5.92 Å². The van der Waals surface area contributed by atoms with Gasteiger partial charge in [-0.15, -0.1) is 0 Å². The molecule has 9 heteroatoms. The van der Waals surface area contributed by atoms with Crippen molar-refractivity contribution in [3.05, 3.63) is 17.7 Å². The Hall–Kier alpha value is -1.61. The summed E-state index contributed by atoms with van der Waals surface area (Å²) < 4.78 is 45.4. The first-order valence-electron chi connectivity index (χ1n) is 8.42. The van der Waals surface area contributed by atoms with Crippen molar-refractivity contribution in [1.29, 1.82) is 0 Å². The van der Waals surface area contributed by atoms with Crippen molar-refractivity contribution in [3.8, 4) is 0 Å². The van der Waals surface area contributed by atoms with Crippen molar-refractivity contribution in [3.63, 3.8) is 0 Å². The van der Waals surface area contributed by atoms with Crippen LogP contribution in [0.25, 0.3) is 0 Å². The number of likely N-dealkylation sites (N-methyl/N-ethyl adjacent to an activating group) is 2. The number of alkyl halides is 3. The third kappa shape index (κ3) is 4.14.